The van der Waals surface area contributed by atoms with E-state index in [0.717, 1.165) is 29.9 Å². The molecule has 0 unspecified atom stereocenters. The van der Waals surface area contributed by atoms with E-state index < -0.39 is 0 Å². The molecule has 2 N–H and O–H groups in total. The molecule has 6 heteroatoms. The number of hydrogen-bond donors (Lipinski definition) is 2. The Hall–Kier alpha value is -2.08. The first-order valence-corrected chi connectivity index (χ1v) is 10.7. The van der Waals surface area contributed by atoms with E-state index in [2.05, 4.69) is 22.5 Å². The van der Waals surface area contributed by atoms with Gasteiger partial charge in [-0.15, -0.1) is 0 Å². The number of ether oxygens (including phenoxy) is 1. The molecule has 1 aliphatic rings. The molecular weight excluding hydrogens is 386 g/mol. The number of halogens is 1. The Morgan fingerprint density at radius 2 is 2.03 bits per heavy atom. The molecule has 0 aromatic heterocycles. The number of carbonyl (C=O) groups is 1. The van der Waals surface area contributed by atoms with E-state index in [-0.39, 0.29) is 12.5 Å². The van der Waals surface area contributed by atoms with Gasteiger partial charge in [0.25, 0.3) is 5.91 Å². The van der Waals surface area contributed by atoms with Gasteiger partial charge in [0.15, 0.2) is 6.61 Å². The Morgan fingerprint density at radius 1 is 1.24 bits per heavy atom. The Kier molecular flexibility index (Phi) is 7.92. The van der Waals surface area contributed by atoms with Gasteiger partial charge < -0.3 is 15.4 Å². The monoisotopic (exact) mass is 415 g/mol. The first-order valence-electron chi connectivity index (χ1n) is 10.3. The first-order chi connectivity index (χ1) is 14.0. The fraction of sp³-hybridized carbons (Fsp3) is 0.435. The molecule has 0 bridgehead atoms. The summed E-state index contributed by atoms with van der Waals surface area (Å²) in [6.45, 7) is 8.05. The second-order valence-corrected chi connectivity index (χ2v) is 7.95. The van der Waals surface area contributed by atoms with E-state index in [0.29, 0.717) is 23.4 Å². The van der Waals surface area contributed by atoms with Gasteiger partial charge in [-0.1, -0.05) is 36.2 Å². The average Bonchev–Trinajstić information content (AvgIpc) is 3.16. The van der Waals surface area contributed by atoms with Crippen LogP contribution in [0, 0.1) is 6.92 Å². The lowest BCUT2D eigenvalue weighted by Gasteiger charge is -2.23. The number of anilines is 1. The van der Waals surface area contributed by atoms with Crippen LogP contribution in [0.5, 0.6) is 5.75 Å². The highest BCUT2D eigenvalue weighted by atomic mass is 35.5. The first kappa shape index (κ1) is 21.6. The Morgan fingerprint density at radius 3 is 2.79 bits per heavy atom. The fourth-order valence-corrected chi connectivity index (χ4v) is 3.92. The molecule has 3 rings (SSSR count). The van der Waals surface area contributed by atoms with E-state index in [1.165, 1.54) is 19.4 Å². The van der Waals surface area contributed by atoms with Crippen LogP contribution in [0.25, 0.3) is 0 Å². The Labute approximate surface area is 178 Å². The van der Waals surface area contributed by atoms with Crippen molar-refractivity contribution in [1.29, 1.82) is 0 Å². The number of nitrogens with zero attached hydrogens (tertiary/aromatic N) is 1. The summed E-state index contributed by atoms with van der Waals surface area (Å²) in [4.78, 5) is 14.7. The highest BCUT2D eigenvalue weighted by Crippen LogP contribution is 2.23. The second-order valence-electron chi connectivity index (χ2n) is 7.51. The van der Waals surface area contributed by atoms with Gasteiger partial charge in [-0.3, -0.25) is 9.69 Å². The number of carbonyl (C=O) groups excluding carboxylic acids is 1. The maximum absolute atomic E-state index is 12.2. The fourth-order valence-electron chi connectivity index (χ4n) is 3.72. The number of aryl methyl sites for hydroxylation is 1. The van der Waals surface area contributed by atoms with Gasteiger partial charge >= 0.3 is 0 Å². The van der Waals surface area contributed by atoms with Crippen LogP contribution >= 0.6 is 11.6 Å². The summed E-state index contributed by atoms with van der Waals surface area (Å²) in [5.74, 6) is 0.493. The van der Waals surface area contributed by atoms with Crippen molar-refractivity contribution in [3.05, 3.63) is 58.6 Å². The van der Waals surface area contributed by atoms with E-state index >= 15 is 0 Å². The smallest absolute Gasteiger partial charge is 0.262 e. The minimum absolute atomic E-state index is 0.0469. The summed E-state index contributed by atoms with van der Waals surface area (Å²) < 4.78 is 5.79. The minimum atomic E-state index is -0.188. The molecule has 29 heavy (non-hydrogen) atoms. The van der Waals surface area contributed by atoms with Gasteiger partial charge in [0.2, 0.25) is 0 Å². The molecule has 1 amide bonds. The van der Waals surface area contributed by atoms with E-state index in [1.807, 2.05) is 43.3 Å². The summed E-state index contributed by atoms with van der Waals surface area (Å²) in [5, 5.41) is 7.04. The molecule has 156 valence electrons. The van der Waals surface area contributed by atoms with Gasteiger partial charge in [-0.2, -0.15) is 0 Å². The maximum atomic E-state index is 12.2. The highest BCUT2D eigenvalue weighted by molar-refractivity contribution is 6.30. The number of amides is 1. The molecule has 0 radical (unpaired) electrons. The molecule has 1 heterocycles. The van der Waals surface area contributed by atoms with Crippen LogP contribution in [0.15, 0.2) is 42.5 Å². The number of likely N-dealkylation sites (N-methyl/N-ethyl adjacent to an activating group) is 1. The molecule has 1 saturated heterocycles. The van der Waals surface area contributed by atoms with Crippen LogP contribution in [-0.2, 0) is 11.3 Å². The van der Waals surface area contributed by atoms with Crippen molar-refractivity contribution >= 4 is 23.2 Å². The van der Waals surface area contributed by atoms with E-state index in [9.17, 15) is 4.79 Å². The molecule has 1 fully saturated rings. The summed E-state index contributed by atoms with van der Waals surface area (Å²) in [5.41, 5.74) is 2.87. The van der Waals surface area contributed by atoms with Gasteiger partial charge in [0, 0.05) is 35.4 Å². The molecule has 0 spiro atoms. The summed E-state index contributed by atoms with van der Waals surface area (Å²) >= 11 is 6.18. The van der Waals surface area contributed by atoms with Crippen LogP contribution in [0.3, 0.4) is 0 Å². The molecule has 0 saturated carbocycles. The van der Waals surface area contributed by atoms with Crippen LogP contribution in [0.4, 0.5) is 5.69 Å². The number of rotatable bonds is 9. The number of nitrogens with one attached hydrogen (secondary N) is 2. The van der Waals surface area contributed by atoms with Crippen molar-refractivity contribution in [2.45, 2.75) is 39.3 Å². The summed E-state index contributed by atoms with van der Waals surface area (Å²) in [6.07, 6.45) is 2.50. The molecule has 1 aliphatic heterocycles. The van der Waals surface area contributed by atoms with Crippen molar-refractivity contribution in [3.63, 3.8) is 0 Å². The van der Waals surface area contributed by atoms with Crippen molar-refractivity contribution < 1.29 is 9.53 Å². The standard InChI is InChI=1S/C23H30ClN3O2/c1-3-27-12-4-5-21(27)15-25-14-18-13-19(24)8-11-22(18)29-16-23(28)26-20-9-6-17(2)7-10-20/h6-11,13,21,25H,3-5,12,14-16H2,1-2H3,(H,26,28)/t21-/m0/s1. The normalized spacial score (nSPS) is 16.7. The maximum Gasteiger partial charge on any atom is 0.262 e. The Balaban J connectivity index is 1.52. The molecule has 0 aliphatic carbocycles. The van der Waals surface area contributed by atoms with E-state index in [4.69, 9.17) is 16.3 Å². The predicted molar refractivity (Wildman–Crippen MR) is 119 cm³/mol. The highest BCUT2D eigenvalue weighted by Gasteiger charge is 2.22. The summed E-state index contributed by atoms with van der Waals surface area (Å²) in [7, 11) is 0. The molecule has 5 nitrogen and oxygen atoms in total. The number of hydrogen-bond acceptors (Lipinski definition) is 4. The third-order valence-electron chi connectivity index (χ3n) is 5.32. The van der Waals surface area contributed by atoms with Crippen LogP contribution < -0.4 is 15.4 Å². The van der Waals surface area contributed by atoms with Crippen LogP contribution in [0.1, 0.15) is 30.9 Å². The van der Waals surface area contributed by atoms with Crippen molar-refractivity contribution in [1.82, 2.24) is 10.2 Å². The lowest BCUT2D eigenvalue weighted by atomic mass is 10.1. The van der Waals surface area contributed by atoms with Crippen LogP contribution in [-0.4, -0.2) is 43.1 Å². The van der Waals surface area contributed by atoms with Crippen molar-refractivity contribution in [3.8, 4) is 5.75 Å². The zero-order chi connectivity index (χ0) is 20.6. The van der Waals surface area contributed by atoms with Gasteiger partial charge in [-0.25, -0.2) is 0 Å². The van der Waals surface area contributed by atoms with Crippen molar-refractivity contribution in [2.75, 3.05) is 31.6 Å². The van der Waals surface area contributed by atoms with Gasteiger partial charge in [0.1, 0.15) is 5.75 Å². The number of benzene rings is 2. The summed E-state index contributed by atoms with van der Waals surface area (Å²) in [6, 6.07) is 13.8. The lowest BCUT2D eigenvalue weighted by molar-refractivity contribution is -0.118. The third-order valence-corrected chi connectivity index (χ3v) is 5.55. The van der Waals surface area contributed by atoms with Crippen molar-refractivity contribution in [2.24, 2.45) is 0 Å². The molecule has 2 aromatic carbocycles. The topological polar surface area (TPSA) is 53.6 Å². The number of likely N-dealkylation sites (tertiary alicyclic amines) is 1. The van der Waals surface area contributed by atoms with Crippen LogP contribution in [0.2, 0.25) is 5.02 Å². The average molecular weight is 416 g/mol. The SMILES string of the molecule is CCN1CCC[C@H]1CNCc1cc(Cl)ccc1OCC(=O)Nc1ccc(C)cc1. The lowest BCUT2D eigenvalue weighted by Crippen LogP contribution is -2.37. The quantitative estimate of drug-likeness (QED) is 0.643. The third kappa shape index (κ3) is 6.46. The minimum Gasteiger partial charge on any atom is -0.483 e. The predicted octanol–water partition coefficient (Wildman–Crippen LogP) is 4.24. The zero-order valence-corrected chi connectivity index (χ0v) is 18.0. The van der Waals surface area contributed by atoms with Gasteiger partial charge in [0.05, 0.1) is 0 Å². The van der Waals surface area contributed by atoms with Gasteiger partial charge in [-0.05, 0) is 63.2 Å². The second kappa shape index (κ2) is 10.6. The molecule has 1 atom stereocenters. The molecule has 2 aromatic rings. The molecular formula is C23H30ClN3O2. The largest absolute Gasteiger partial charge is 0.483 e. The van der Waals surface area contributed by atoms with E-state index in [1.54, 1.807) is 6.07 Å². The Bertz CT molecular complexity index is 810. The zero-order valence-electron chi connectivity index (χ0n) is 17.2.